The lowest BCUT2D eigenvalue weighted by molar-refractivity contribution is -0.141. The van der Waals surface area contributed by atoms with Gasteiger partial charge in [0.15, 0.2) is 5.96 Å². The molecule has 2 rings (SSSR count). The third-order valence-corrected chi connectivity index (χ3v) is 4.98. The zero-order valence-corrected chi connectivity index (χ0v) is 19.9. The number of aromatic nitrogens is 3. The van der Waals surface area contributed by atoms with Crippen molar-refractivity contribution in [3.05, 3.63) is 11.9 Å². The Kier molecular flexibility index (Phi) is 10.8. The summed E-state index contributed by atoms with van der Waals surface area (Å²) in [5, 5.41) is 14.8. The molecule has 1 aromatic rings. The van der Waals surface area contributed by atoms with Crippen molar-refractivity contribution in [1.29, 1.82) is 0 Å². The highest BCUT2D eigenvalue weighted by atomic mass is 127. The number of rotatable bonds is 9. The van der Waals surface area contributed by atoms with Gasteiger partial charge in [0.2, 0.25) is 0 Å². The third kappa shape index (κ3) is 7.92. The number of hydrogen-bond donors (Lipinski definition) is 2. The van der Waals surface area contributed by atoms with Crippen LogP contribution in [0, 0.1) is 11.3 Å². The summed E-state index contributed by atoms with van der Waals surface area (Å²) < 4.78 is 6.10. The SMILES string of the molecule is CCNC(=NCc1cn(CC(=O)OC)nn1)NCC1(CC(C)C)CCCC1.I. The highest BCUT2D eigenvalue weighted by Gasteiger charge is 2.34. The average molecular weight is 506 g/mol. The van der Waals surface area contributed by atoms with E-state index in [4.69, 9.17) is 0 Å². The second-order valence-electron chi connectivity index (χ2n) is 7.84. The van der Waals surface area contributed by atoms with Gasteiger partial charge in [0.25, 0.3) is 0 Å². The fraction of sp³-hybridized carbons (Fsp3) is 0.789. The molecular formula is C19H35IN6O2. The average Bonchev–Trinajstić information content (AvgIpc) is 3.27. The number of nitrogens with zero attached hydrogens (tertiary/aromatic N) is 4. The number of halogens is 1. The van der Waals surface area contributed by atoms with E-state index in [-0.39, 0.29) is 36.5 Å². The molecule has 1 saturated carbocycles. The molecule has 0 radical (unpaired) electrons. The zero-order chi connectivity index (χ0) is 19.7. The molecule has 9 heteroatoms. The fourth-order valence-electron chi connectivity index (χ4n) is 3.90. The monoisotopic (exact) mass is 506 g/mol. The number of esters is 1. The van der Waals surface area contributed by atoms with E-state index in [0.29, 0.717) is 23.6 Å². The minimum atomic E-state index is -0.350. The molecule has 8 nitrogen and oxygen atoms in total. The van der Waals surface area contributed by atoms with Crippen molar-refractivity contribution in [3.8, 4) is 0 Å². The lowest BCUT2D eigenvalue weighted by Crippen LogP contribution is -2.43. The number of carbonyl (C=O) groups is 1. The number of hydrogen-bond acceptors (Lipinski definition) is 5. The van der Waals surface area contributed by atoms with Crippen LogP contribution < -0.4 is 10.6 Å². The summed E-state index contributed by atoms with van der Waals surface area (Å²) in [5.41, 5.74) is 1.10. The van der Waals surface area contributed by atoms with E-state index in [2.05, 4.69) is 51.4 Å². The molecule has 0 aliphatic heterocycles. The fourth-order valence-corrected chi connectivity index (χ4v) is 3.90. The number of nitrogens with one attached hydrogen (secondary N) is 2. The van der Waals surface area contributed by atoms with Crippen LogP contribution in [0.3, 0.4) is 0 Å². The first-order valence-corrected chi connectivity index (χ1v) is 9.94. The van der Waals surface area contributed by atoms with Crippen molar-refractivity contribution in [1.82, 2.24) is 25.6 Å². The van der Waals surface area contributed by atoms with E-state index in [1.165, 1.54) is 43.9 Å². The van der Waals surface area contributed by atoms with Crippen LogP contribution >= 0.6 is 24.0 Å². The maximum Gasteiger partial charge on any atom is 0.327 e. The van der Waals surface area contributed by atoms with Gasteiger partial charge in [-0.2, -0.15) is 0 Å². The van der Waals surface area contributed by atoms with Crippen molar-refractivity contribution < 1.29 is 9.53 Å². The number of guanidine groups is 1. The Morgan fingerprint density at radius 3 is 2.68 bits per heavy atom. The maximum atomic E-state index is 11.3. The Balaban J connectivity index is 0.00000392. The Hall–Kier alpha value is -1.39. The van der Waals surface area contributed by atoms with Crippen LogP contribution in [-0.4, -0.2) is 47.1 Å². The first-order valence-electron chi connectivity index (χ1n) is 9.94. The van der Waals surface area contributed by atoms with Crippen LogP contribution in [0.2, 0.25) is 0 Å². The van der Waals surface area contributed by atoms with Gasteiger partial charge in [-0.15, -0.1) is 29.1 Å². The molecule has 0 unspecified atom stereocenters. The molecular weight excluding hydrogens is 471 g/mol. The van der Waals surface area contributed by atoms with Crippen LogP contribution in [0.25, 0.3) is 0 Å². The molecule has 0 amide bonds. The quantitative estimate of drug-likeness (QED) is 0.232. The van der Waals surface area contributed by atoms with Gasteiger partial charge in [0, 0.05) is 13.1 Å². The molecule has 0 bridgehead atoms. The molecule has 0 spiro atoms. The summed E-state index contributed by atoms with van der Waals surface area (Å²) in [7, 11) is 1.36. The second kappa shape index (κ2) is 12.2. The Morgan fingerprint density at radius 1 is 1.36 bits per heavy atom. The Morgan fingerprint density at radius 2 is 2.07 bits per heavy atom. The Bertz CT molecular complexity index is 626. The van der Waals surface area contributed by atoms with E-state index in [1.807, 2.05) is 0 Å². The van der Waals surface area contributed by atoms with Gasteiger partial charge in [0.05, 0.1) is 19.9 Å². The predicted molar refractivity (Wildman–Crippen MR) is 121 cm³/mol. The van der Waals surface area contributed by atoms with Gasteiger partial charge < -0.3 is 15.4 Å². The van der Waals surface area contributed by atoms with Crippen molar-refractivity contribution in [2.24, 2.45) is 16.3 Å². The van der Waals surface area contributed by atoms with Gasteiger partial charge in [-0.25, -0.2) is 9.67 Å². The topological polar surface area (TPSA) is 93.4 Å². The summed E-state index contributed by atoms with van der Waals surface area (Å²) in [5.74, 6) is 1.15. The molecule has 0 saturated heterocycles. The molecule has 28 heavy (non-hydrogen) atoms. The van der Waals surface area contributed by atoms with E-state index < -0.39 is 0 Å². The largest absolute Gasteiger partial charge is 0.468 e. The molecule has 160 valence electrons. The molecule has 1 fully saturated rings. The van der Waals surface area contributed by atoms with Crippen LogP contribution in [-0.2, 0) is 22.6 Å². The van der Waals surface area contributed by atoms with E-state index in [9.17, 15) is 4.79 Å². The first kappa shape index (κ1) is 24.6. The molecule has 1 heterocycles. The molecule has 0 aromatic carbocycles. The van der Waals surface area contributed by atoms with Crippen LogP contribution in [0.5, 0.6) is 0 Å². The van der Waals surface area contributed by atoms with Crippen molar-refractivity contribution in [2.45, 2.75) is 66.0 Å². The molecule has 2 N–H and O–H groups in total. The summed E-state index contributed by atoms with van der Waals surface area (Å²) in [4.78, 5) is 15.9. The van der Waals surface area contributed by atoms with Gasteiger partial charge in [-0.3, -0.25) is 4.79 Å². The summed E-state index contributed by atoms with van der Waals surface area (Å²) >= 11 is 0. The predicted octanol–water partition coefficient (Wildman–Crippen LogP) is 2.73. The zero-order valence-electron chi connectivity index (χ0n) is 17.5. The molecule has 1 aromatic heterocycles. The second-order valence-corrected chi connectivity index (χ2v) is 7.84. The highest BCUT2D eigenvalue weighted by Crippen LogP contribution is 2.42. The lowest BCUT2D eigenvalue weighted by atomic mass is 9.78. The maximum absolute atomic E-state index is 11.3. The minimum Gasteiger partial charge on any atom is -0.468 e. The number of methoxy groups -OCH3 is 1. The molecule has 1 aliphatic carbocycles. The van der Waals surface area contributed by atoms with Gasteiger partial charge in [0.1, 0.15) is 12.2 Å². The third-order valence-electron chi connectivity index (χ3n) is 4.98. The summed E-state index contributed by atoms with van der Waals surface area (Å²) in [6.07, 6.45) is 8.21. The minimum absolute atomic E-state index is 0. The molecule has 1 aliphatic rings. The number of aliphatic imine (C=N–C) groups is 1. The number of carbonyl (C=O) groups excluding carboxylic acids is 1. The normalized spacial score (nSPS) is 16.0. The number of ether oxygens (including phenoxy) is 1. The summed E-state index contributed by atoms with van der Waals surface area (Å²) in [6, 6.07) is 0. The van der Waals surface area contributed by atoms with Crippen molar-refractivity contribution in [3.63, 3.8) is 0 Å². The first-order chi connectivity index (χ1) is 13.0. The van der Waals surface area contributed by atoms with E-state index in [1.54, 1.807) is 6.20 Å². The highest BCUT2D eigenvalue weighted by molar-refractivity contribution is 14.0. The van der Waals surface area contributed by atoms with Crippen LogP contribution in [0.4, 0.5) is 0 Å². The standard InChI is InChI=1S/C19H34N6O2.HI/c1-5-20-18(22-14-19(10-15(2)3)8-6-7-9-19)21-11-16-12-25(24-23-16)13-17(26)27-4;/h12,15H,5-11,13-14H2,1-4H3,(H2,20,21,22);1H. The van der Waals surface area contributed by atoms with Crippen molar-refractivity contribution >= 4 is 35.9 Å². The van der Waals surface area contributed by atoms with Crippen LogP contribution in [0.15, 0.2) is 11.2 Å². The lowest BCUT2D eigenvalue weighted by Gasteiger charge is -2.31. The van der Waals surface area contributed by atoms with Gasteiger partial charge >= 0.3 is 5.97 Å². The van der Waals surface area contributed by atoms with E-state index in [0.717, 1.165) is 19.0 Å². The Labute approximate surface area is 185 Å². The smallest absolute Gasteiger partial charge is 0.327 e. The van der Waals surface area contributed by atoms with Gasteiger partial charge in [-0.1, -0.05) is 31.9 Å². The van der Waals surface area contributed by atoms with E-state index >= 15 is 0 Å². The van der Waals surface area contributed by atoms with Crippen LogP contribution in [0.1, 0.15) is 58.6 Å². The van der Waals surface area contributed by atoms with Crippen molar-refractivity contribution in [2.75, 3.05) is 20.2 Å². The van der Waals surface area contributed by atoms with Gasteiger partial charge in [-0.05, 0) is 37.5 Å². The molecule has 0 atom stereocenters. The summed E-state index contributed by atoms with van der Waals surface area (Å²) in [6.45, 7) is 8.89.